The van der Waals surface area contributed by atoms with Crippen LogP contribution in [0.2, 0.25) is 0 Å². The number of benzene rings is 1. The van der Waals surface area contributed by atoms with Crippen molar-refractivity contribution in [1.29, 1.82) is 0 Å². The number of likely N-dealkylation sites (tertiary alicyclic amines) is 1. The van der Waals surface area contributed by atoms with Gasteiger partial charge >= 0.3 is 6.03 Å². The van der Waals surface area contributed by atoms with Gasteiger partial charge < -0.3 is 15.3 Å². The van der Waals surface area contributed by atoms with Crippen LogP contribution in [0, 0.1) is 12.8 Å². The fourth-order valence-electron chi connectivity index (χ4n) is 2.98. The molecule has 0 saturated carbocycles. The van der Waals surface area contributed by atoms with Crippen molar-refractivity contribution in [3.8, 4) is 0 Å². The first kappa shape index (κ1) is 16.8. The van der Waals surface area contributed by atoms with Gasteiger partial charge in [0.1, 0.15) is 0 Å². The SMILES string of the molecule is Cc1cccc(C(C)(C)CNC(=O)N2CCCC(CO)C2)c1. The molecular formula is C18H28N2O2. The highest BCUT2D eigenvalue weighted by Gasteiger charge is 2.26. The highest BCUT2D eigenvalue weighted by Crippen LogP contribution is 2.23. The van der Waals surface area contributed by atoms with Gasteiger partial charge in [-0.2, -0.15) is 0 Å². The molecule has 0 aromatic heterocycles. The zero-order valence-electron chi connectivity index (χ0n) is 13.9. The molecule has 1 unspecified atom stereocenters. The van der Waals surface area contributed by atoms with Crippen molar-refractivity contribution in [2.45, 2.75) is 39.0 Å². The lowest BCUT2D eigenvalue weighted by atomic mass is 9.84. The number of carbonyl (C=O) groups excluding carboxylic acids is 1. The first-order valence-electron chi connectivity index (χ1n) is 8.13. The Balaban J connectivity index is 1.92. The predicted molar refractivity (Wildman–Crippen MR) is 89.0 cm³/mol. The van der Waals surface area contributed by atoms with E-state index in [1.807, 2.05) is 4.90 Å². The number of urea groups is 1. The molecule has 2 rings (SSSR count). The summed E-state index contributed by atoms with van der Waals surface area (Å²) in [6.07, 6.45) is 1.98. The maximum Gasteiger partial charge on any atom is 0.317 e. The molecule has 0 aliphatic carbocycles. The fraction of sp³-hybridized carbons (Fsp3) is 0.611. The van der Waals surface area contributed by atoms with Crippen LogP contribution in [0.4, 0.5) is 4.79 Å². The maximum atomic E-state index is 12.3. The predicted octanol–water partition coefficient (Wildman–Crippen LogP) is 2.69. The summed E-state index contributed by atoms with van der Waals surface area (Å²) >= 11 is 0. The number of aryl methyl sites for hydroxylation is 1. The van der Waals surface area contributed by atoms with E-state index in [9.17, 15) is 9.90 Å². The summed E-state index contributed by atoms with van der Waals surface area (Å²) in [7, 11) is 0. The van der Waals surface area contributed by atoms with Crippen molar-refractivity contribution >= 4 is 6.03 Å². The standard InChI is InChI=1S/C18H28N2O2/c1-14-6-4-8-16(10-14)18(2,3)13-19-17(22)20-9-5-7-15(11-20)12-21/h4,6,8,10,15,21H,5,7,9,11-13H2,1-3H3,(H,19,22). The largest absolute Gasteiger partial charge is 0.396 e. The molecule has 1 aliphatic rings. The van der Waals surface area contributed by atoms with E-state index in [1.54, 1.807) is 0 Å². The van der Waals surface area contributed by atoms with Crippen LogP contribution < -0.4 is 5.32 Å². The van der Waals surface area contributed by atoms with Gasteiger partial charge in [0.2, 0.25) is 0 Å². The van der Waals surface area contributed by atoms with Crippen LogP contribution in [-0.2, 0) is 5.41 Å². The van der Waals surface area contributed by atoms with Gasteiger partial charge in [0.05, 0.1) is 0 Å². The molecule has 2 amide bonds. The van der Waals surface area contributed by atoms with E-state index in [1.165, 1.54) is 11.1 Å². The summed E-state index contributed by atoms with van der Waals surface area (Å²) in [5.74, 6) is 0.226. The quantitative estimate of drug-likeness (QED) is 0.898. The van der Waals surface area contributed by atoms with Crippen LogP contribution in [-0.4, -0.2) is 42.3 Å². The number of carbonyl (C=O) groups is 1. The molecule has 1 aliphatic heterocycles. The highest BCUT2D eigenvalue weighted by molar-refractivity contribution is 5.74. The number of aliphatic hydroxyl groups is 1. The Hall–Kier alpha value is -1.55. The van der Waals surface area contributed by atoms with Crippen LogP contribution >= 0.6 is 0 Å². The summed E-state index contributed by atoms with van der Waals surface area (Å²) < 4.78 is 0. The summed E-state index contributed by atoms with van der Waals surface area (Å²) in [4.78, 5) is 14.2. The third-order valence-corrected chi connectivity index (χ3v) is 4.55. The molecule has 1 heterocycles. The van der Waals surface area contributed by atoms with E-state index in [2.05, 4.69) is 50.4 Å². The number of rotatable bonds is 4. The fourth-order valence-corrected chi connectivity index (χ4v) is 2.98. The van der Waals surface area contributed by atoms with Gasteiger partial charge in [-0.25, -0.2) is 4.79 Å². The lowest BCUT2D eigenvalue weighted by Crippen LogP contribution is -2.48. The van der Waals surface area contributed by atoms with E-state index >= 15 is 0 Å². The van der Waals surface area contributed by atoms with Gasteiger partial charge in [-0.3, -0.25) is 0 Å². The van der Waals surface area contributed by atoms with Crippen molar-refractivity contribution in [2.24, 2.45) is 5.92 Å². The maximum absolute atomic E-state index is 12.3. The zero-order chi connectivity index (χ0) is 16.2. The Morgan fingerprint density at radius 2 is 2.23 bits per heavy atom. The Labute approximate surface area is 133 Å². The normalized spacial score (nSPS) is 19.1. The average Bonchev–Trinajstić information content (AvgIpc) is 2.52. The highest BCUT2D eigenvalue weighted by atomic mass is 16.3. The number of nitrogens with one attached hydrogen (secondary N) is 1. The molecule has 1 aromatic rings. The van der Waals surface area contributed by atoms with Crippen LogP contribution in [0.25, 0.3) is 0 Å². The van der Waals surface area contributed by atoms with Crippen molar-refractivity contribution in [2.75, 3.05) is 26.2 Å². The summed E-state index contributed by atoms with van der Waals surface area (Å²) in [6.45, 7) is 8.60. The van der Waals surface area contributed by atoms with Gasteiger partial charge in [0, 0.05) is 31.7 Å². The van der Waals surface area contributed by atoms with E-state index in [-0.39, 0.29) is 24.0 Å². The van der Waals surface area contributed by atoms with E-state index in [0.29, 0.717) is 13.1 Å². The number of nitrogens with zero attached hydrogens (tertiary/aromatic N) is 1. The van der Waals surface area contributed by atoms with Crippen molar-refractivity contribution in [3.63, 3.8) is 0 Å². The lowest BCUT2D eigenvalue weighted by Gasteiger charge is -2.33. The van der Waals surface area contributed by atoms with Gasteiger partial charge in [0.15, 0.2) is 0 Å². The molecule has 4 nitrogen and oxygen atoms in total. The van der Waals surface area contributed by atoms with Gasteiger partial charge in [-0.15, -0.1) is 0 Å². The average molecular weight is 304 g/mol. The van der Waals surface area contributed by atoms with Crippen LogP contribution in [0.3, 0.4) is 0 Å². The van der Waals surface area contributed by atoms with Gasteiger partial charge in [-0.05, 0) is 31.2 Å². The summed E-state index contributed by atoms with van der Waals surface area (Å²) in [5, 5.41) is 12.3. The molecular weight excluding hydrogens is 276 g/mol. The number of hydrogen-bond acceptors (Lipinski definition) is 2. The third kappa shape index (κ3) is 4.23. The molecule has 1 aromatic carbocycles. The minimum Gasteiger partial charge on any atom is -0.396 e. The summed E-state index contributed by atoms with van der Waals surface area (Å²) in [5.41, 5.74) is 2.37. The van der Waals surface area contributed by atoms with Gasteiger partial charge in [-0.1, -0.05) is 43.7 Å². The molecule has 0 bridgehead atoms. The van der Waals surface area contributed by atoms with Crippen molar-refractivity contribution < 1.29 is 9.90 Å². The molecule has 22 heavy (non-hydrogen) atoms. The second-order valence-electron chi connectivity index (χ2n) is 7.05. The Kier molecular flexibility index (Phi) is 5.46. The molecule has 122 valence electrons. The minimum absolute atomic E-state index is 0.0149. The molecule has 1 atom stereocenters. The second-order valence-corrected chi connectivity index (χ2v) is 7.05. The molecule has 2 N–H and O–H groups in total. The van der Waals surface area contributed by atoms with Crippen LogP contribution in [0.15, 0.2) is 24.3 Å². The first-order chi connectivity index (χ1) is 10.4. The van der Waals surface area contributed by atoms with Gasteiger partial charge in [0.25, 0.3) is 0 Å². The molecule has 1 saturated heterocycles. The Morgan fingerprint density at radius 1 is 1.45 bits per heavy atom. The number of hydrogen-bond donors (Lipinski definition) is 2. The van der Waals surface area contributed by atoms with E-state index < -0.39 is 0 Å². The first-order valence-corrected chi connectivity index (χ1v) is 8.13. The molecule has 0 radical (unpaired) electrons. The monoisotopic (exact) mass is 304 g/mol. The zero-order valence-corrected chi connectivity index (χ0v) is 13.9. The topological polar surface area (TPSA) is 52.6 Å². The Morgan fingerprint density at radius 3 is 2.91 bits per heavy atom. The number of amides is 2. The summed E-state index contributed by atoms with van der Waals surface area (Å²) in [6, 6.07) is 8.42. The third-order valence-electron chi connectivity index (χ3n) is 4.55. The lowest BCUT2D eigenvalue weighted by molar-refractivity contribution is 0.129. The van der Waals surface area contributed by atoms with Crippen LogP contribution in [0.5, 0.6) is 0 Å². The Bertz CT molecular complexity index is 514. The second kappa shape index (κ2) is 7.14. The molecule has 1 fully saturated rings. The van der Waals surface area contributed by atoms with E-state index in [4.69, 9.17) is 0 Å². The van der Waals surface area contributed by atoms with E-state index in [0.717, 1.165) is 19.4 Å². The molecule has 4 heteroatoms. The van der Waals surface area contributed by atoms with Crippen molar-refractivity contribution in [1.82, 2.24) is 10.2 Å². The number of aliphatic hydroxyl groups excluding tert-OH is 1. The smallest absolute Gasteiger partial charge is 0.317 e. The van der Waals surface area contributed by atoms with Crippen LogP contribution in [0.1, 0.15) is 37.8 Å². The van der Waals surface area contributed by atoms with Crippen molar-refractivity contribution in [3.05, 3.63) is 35.4 Å². The molecule has 0 spiro atoms. The number of piperidine rings is 1. The minimum atomic E-state index is -0.103.